The second-order valence-corrected chi connectivity index (χ2v) is 7.78. The van der Waals surface area contributed by atoms with Crippen LogP contribution in [-0.4, -0.2) is 23.5 Å². The Morgan fingerprint density at radius 1 is 1.19 bits per heavy atom. The highest BCUT2D eigenvalue weighted by Gasteiger charge is 2.58. The first kappa shape index (κ1) is 14.9. The molecule has 1 spiro atoms. The largest absolute Gasteiger partial charge is 0.362 e. The van der Waals surface area contributed by atoms with Crippen LogP contribution in [0.4, 0.5) is 0 Å². The Morgan fingerprint density at radius 3 is 2.29 bits per heavy atom. The van der Waals surface area contributed by atoms with Crippen molar-refractivity contribution in [3.8, 4) is 0 Å². The van der Waals surface area contributed by atoms with Crippen molar-refractivity contribution < 1.29 is 0 Å². The summed E-state index contributed by atoms with van der Waals surface area (Å²) in [7, 11) is 0. The topological polar surface area (TPSA) is 15.3 Å². The van der Waals surface area contributed by atoms with Crippen molar-refractivity contribution in [1.82, 2.24) is 10.2 Å². The lowest BCUT2D eigenvalue weighted by Crippen LogP contribution is -2.64. The minimum Gasteiger partial charge on any atom is -0.362 e. The first-order valence-electron chi connectivity index (χ1n) is 7.81. The van der Waals surface area contributed by atoms with Crippen LogP contribution >= 0.6 is 11.6 Å². The molecule has 2 fully saturated rings. The van der Waals surface area contributed by atoms with Crippen molar-refractivity contribution in [3.05, 3.63) is 47.1 Å². The number of nitrogens with zero attached hydrogens (tertiary/aromatic N) is 1. The SMILES string of the molecule is C=C1N(C(C)(C)C)C(c2ccc(Cl)cc2)C12CCNCC2. The number of likely N-dealkylation sites (tertiary alicyclic amines) is 1. The summed E-state index contributed by atoms with van der Waals surface area (Å²) in [6.07, 6.45) is 2.34. The maximum Gasteiger partial charge on any atom is 0.0656 e. The number of halogens is 1. The molecule has 21 heavy (non-hydrogen) atoms. The van der Waals surface area contributed by atoms with E-state index < -0.39 is 0 Å². The second-order valence-electron chi connectivity index (χ2n) is 7.35. The molecule has 3 heteroatoms. The summed E-state index contributed by atoms with van der Waals surface area (Å²) in [4.78, 5) is 2.50. The molecule has 1 aromatic rings. The van der Waals surface area contributed by atoms with Gasteiger partial charge in [0.05, 0.1) is 6.04 Å². The van der Waals surface area contributed by atoms with Gasteiger partial charge in [0.15, 0.2) is 0 Å². The van der Waals surface area contributed by atoms with E-state index in [9.17, 15) is 0 Å². The number of piperidine rings is 1. The maximum atomic E-state index is 6.07. The predicted molar refractivity (Wildman–Crippen MR) is 89.5 cm³/mol. The van der Waals surface area contributed by atoms with Crippen LogP contribution in [0.15, 0.2) is 36.5 Å². The summed E-state index contributed by atoms with van der Waals surface area (Å²) in [5.41, 5.74) is 3.00. The zero-order valence-corrected chi connectivity index (χ0v) is 14.0. The van der Waals surface area contributed by atoms with Gasteiger partial charge in [0.1, 0.15) is 0 Å². The quantitative estimate of drug-likeness (QED) is 0.828. The van der Waals surface area contributed by atoms with Gasteiger partial charge in [-0.3, -0.25) is 0 Å². The van der Waals surface area contributed by atoms with E-state index in [1.807, 2.05) is 12.1 Å². The summed E-state index contributed by atoms with van der Waals surface area (Å²) in [5, 5.41) is 4.29. The number of rotatable bonds is 1. The van der Waals surface area contributed by atoms with Gasteiger partial charge in [-0.2, -0.15) is 0 Å². The van der Waals surface area contributed by atoms with Gasteiger partial charge in [0.2, 0.25) is 0 Å². The molecule has 2 aliphatic heterocycles. The third kappa shape index (κ3) is 2.29. The summed E-state index contributed by atoms with van der Waals surface area (Å²) >= 11 is 6.07. The highest BCUT2D eigenvalue weighted by Crippen LogP contribution is 2.63. The fourth-order valence-corrected chi connectivity index (χ4v) is 4.20. The molecule has 1 unspecified atom stereocenters. The van der Waals surface area contributed by atoms with Crippen molar-refractivity contribution in [3.63, 3.8) is 0 Å². The molecule has 114 valence electrons. The van der Waals surface area contributed by atoms with E-state index in [2.05, 4.69) is 49.7 Å². The van der Waals surface area contributed by atoms with Crippen LogP contribution in [0.1, 0.15) is 45.2 Å². The Hall–Kier alpha value is -0.990. The Kier molecular flexibility index (Phi) is 3.58. The number of hydrogen-bond donors (Lipinski definition) is 1. The van der Waals surface area contributed by atoms with E-state index >= 15 is 0 Å². The van der Waals surface area contributed by atoms with Crippen LogP contribution in [-0.2, 0) is 0 Å². The minimum atomic E-state index is 0.0948. The summed E-state index contributed by atoms with van der Waals surface area (Å²) in [6.45, 7) is 13.4. The van der Waals surface area contributed by atoms with E-state index in [0.717, 1.165) is 18.1 Å². The lowest BCUT2D eigenvalue weighted by molar-refractivity contribution is -0.0836. The smallest absolute Gasteiger partial charge is 0.0656 e. The Bertz CT molecular complexity index is 535. The standard InChI is InChI=1S/C18H25ClN2/c1-13-18(9-11-20-12-10-18)16(21(13)17(2,3)4)14-5-7-15(19)8-6-14/h5-8,16,20H,1,9-12H2,2-4H3. The van der Waals surface area contributed by atoms with Crippen molar-refractivity contribution in [2.24, 2.45) is 5.41 Å². The molecular formula is C18H25ClN2. The van der Waals surface area contributed by atoms with Gasteiger partial charge in [-0.25, -0.2) is 0 Å². The van der Waals surface area contributed by atoms with Crippen molar-refractivity contribution in [2.45, 2.75) is 45.2 Å². The van der Waals surface area contributed by atoms with E-state index in [0.29, 0.717) is 6.04 Å². The van der Waals surface area contributed by atoms with Crippen LogP contribution in [0.5, 0.6) is 0 Å². The number of benzene rings is 1. The van der Waals surface area contributed by atoms with Crippen LogP contribution in [0.25, 0.3) is 0 Å². The molecule has 2 saturated heterocycles. The van der Waals surface area contributed by atoms with E-state index in [1.54, 1.807) is 0 Å². The molecule has 2 nitrogen and oxygen atoms in total. The van der Waals surface area contributed by atoms with E-state index in [-0.39, 0.29) is 11.0 Å². The van der Waals surface area contributed by atoms with E-state index in [4.69, 9.17) is 11.6 Å². The Balaban J connectivity index is 2.01. The minimum absolute atomic E-state index is 0.0948. The van der Waals surface area contributed by atoms with Crippen LogP contribution in [0, 0.1) is 5.41 Å². The summed E-state index contributed by atoms with van der Waals surface area (Å²) < 4.78 is 0. The third-order valence-electron chi connectivity index (χ3n) is 5.05. The molecule has 0 saturated carbocycles. The van der Waals surface area contributed by atoms with Gasteiger partial charge in [0, 0.05) is 21.7 Å². The number of hydrogen-bond acceptors (Lipinski definition) is 2. The summed E-state index contributed by atoms with van der Waals surface area (Å²) in [6, 6.07) is 8.80. The molecule has 1 aromatic carbocycles. The van der Waals surface area contributed by atoms with Gasteiger partial charge < -0.3 is 10.2 Å². The van der Waals surface area contributed by atoms with Crippen molar-refractivity contribution in [1.29, 1.82) is 0 Å². The lowest BCUT2D eigenvalue weighted by atomic mass is 9.59. The fraction of sp³-hybridized carbons (Fsp3) is 0.556. The van der Waals surface area contributed by atoms with Gasteiger partial charge in [0.25, 0.3) is 0 Å². The maximum absolute atomic E-state index is 6.07. The normalized spacial score (nSPS) is 25.0. The Labute approximate surface area is 133 Å². The highest BCUT2D eigenvalue weighted by atomic mass is 35.5. The Morgan fingerprint density at radius 2 is 1.76 bits per heavy atom. The fourth-order valence-electron chi connectivity index (χ4n) is 4.07. The van der Waals surface area contributed by atoms with Crippen molar-refractivity contribution >= 4 is 11.6 Å². The van der Waals surface area contributed by atoms with Gasteiger partial charge >= 0.3 is 0 Å². The molecular weight excluding hydrogens is 280 g/mol. The van der Waals surface area contributed by atoms with Gasteiger partial charge in [-0.15, -0.1) is 0 Å². The molecule has 2 heterocycles. The molecule has 1 atom stereocenters. The average molecular weight is 305 g/mol. The van der Waals surface area contributed by atoms with Gasteiger partial charge in [-0.05, 0) is 64.4 Å². The zero-order valence-electron chi connectivity index (χ0n) is 13.2. The zero-order chi connectivity index (χ0) is 15.3. The van der Waals surface area contributed by atoms with Crippen LogP contribution in [0.3, 0.4) is 0 Å². The number of nitrogens with one attached hydrogen (secondary N) is 1. The van der Waals surface area contributed by atoms with Crippen LogP contribution in [0.2, 0.25) is 5.02 Å². The van der Waals surface area contributed by atoms with Gasteiger partial charge in [-0.1, -0.05) is 30.3 Å². The first-order valence-corrected chi connectivity index (χ1v) is 8.19. The molecule has 0 bridgehead atoms. The molecule has 0 aromatic heterocycles. The first-order chi connectivity index (χ1) is 9.86. The van der Waals surface area contributed by atoms with E-state index in [1.165, 1.54) is 24.1 Å². The average Bonchev–Trinajstić information content (AvgIpc) is 2.45. The highest BCUT2D eigenvalue weighted by molar-refractivity contribution is 6.30. The summed E-state index contributed by atoms with van der Waals surface area (Å²) in [5.74, 6) is 0. The molecule has 0 radical (unpaired) electrons. The molecule has 0 aliphatic carbocycles. The molecule has 0 amide bonds. The molecule has 3 rings (SSSR count). The monoisotopic (exact) mass is 304 g/mol. The molecule has 2 aliphatic rings. The van der Waals surface area contributed by atoms with Crippen molar-refractivity contribution in [2.75, 3.05) is 13.1 Å². The third-order valence-corrected chi connectivity index (χ3v) is 5.30. The molecule has 1 N–H and O–H groups in total. The van der Waals surface area contributed by atoms with Crippen LogP contribution < -0.4 is 5.32 Å². The predicted octanol–water partition coefficient (Wildman–Crippen LogP) is 4.38. The lowest BCUT2D eigenvalue weighted by Gasteiger charge is -2.66. The second kappa shape index (κ2) is 5.03.